The summed E-state index contributed by atoms with van der Waals surface area (Å²) in [7, 11) is -4.11. The van der Waals surface area contributed by atoms with Crippen LogP contribution < -0.4 is 5.32 Å². The van der Waals surface area contributed by atoms with E-state index in [0.717, 1.165) is 11.1 Å². The number of aryl methyl sites for hydroxylation is 2. The van der Waals surface area contributed by atoms with E-state index in [1.807, 2.05) is 6.92 Å². The Hall–Kier alpha value is -2.38. The van der Waals surface area contributed by atoms with Gasteiger partial charge in [0.05, 0.1) is 4.90 Å². The third-order valence-electron chi connectivity index (χ3n) is 4.50. The average Bonchev–Trinajstić information content (AvgIpc) is 3.01. The Kier molecular flexibility index (Phi) is 5.26. The van der Waals surface area contributed by atoms with Crippen molar-refractivity contribution in [3.63, 3.8) is 0 Å². The monoisotopic (exact) mass is 406 g/mol. The Balaban J connectivity index is 1.90. The second-order valence-electron chi connectivity index (χ2n) is 6.51. The molecule has 1 heterocycles. The first kappa shape index (κ1) is 19.4. The lowest BCUT2D eigenvalue weighted by molar-refractivity contribution is -0.128. The van der Waals surface area contributed by atoms with Crippen molar-refractivity contribution in [1.29, 1.82) is 0 Å². The molecule has 0 unspecified atom stereocenters. The van der Waals surface area contributed by atoms with Gasteiger partial charge in [-0.15, -0.1) is 0 Å². The number of carbonyl (C=O) groups excluding carboxylic acids is 2. The molecule has 0 saturated carbocycles. The zero-order valence-corrected chi connectivity index (χ0v) is 16.5. The molecule has 1 aliphatic rings. The largest absolute Gasteiger partial charge is 0.324 e. The van der Waals surface area contributed by atoms with E-state index in [4.69, 9.17) is 11.6 Å². The molecule has 27 heavy (non-hydrogen) atoms. The molecule has 6 nitrogen and oxygen atoms in total. The van der Waals surface area contributed by atoms with Gasteiger partial charge in [-0.2, -0.15) is 0 Å². The molecule has 1 aliphatic heterocycles. The predicted molar refractivity (Wildman–Crippen MR) is 103 cm³/mol. The summed E-state index contributed by atoms with van der Waals surface area (Å²) in [5.41, 5.74) is 2.16. The lowest BCUT2D eigenvalue weighted by Gasteiger charge is -2.24. The highest BCUT2D eigenvalue weighted by Crippen LogP contribution is 2.29. The van der Waals surface area contributed by atoms with Crippen molar-refractivity contribution in [3.05, 3.63) is 58.6 Å². The summed E-state index contributed by atoms with van der Waals surface area (Å²) in [6, 6.07) is 10.1. The Morgan fingerprint density at radius 2 is 1.81 bits per heavy atom. The molecule has 0 bridgehead atoms. The van der Waals surface area contributed by atoms with Crippen LogP contribution in [-0.2, 0) is 19.6 Å². The van der Waals surface area contributed by atoms with Gasteiger partial charge < -0.3 is 5.32 Å². The lowest BCUT2D eigenvalue weighted by Crippen LogP contribution is -2.45. The van der Waals surface area contributed by atoms with Crippen LogP contribution in [0.2, 0.25) is 5.02 Å². The highest BCUT2D eigenvalue weighted by molar-refractivity contribution is 7.89. The minimum atomic E-state index is -4.11. The SMILES string of the molecule is Cc1ccc(S(=O)(=O)N2C(=O)CC[C@@H]2C(=O)Nc2cc(Cl)ccc2C)cc1. The van der Waals surface area contributed by atoms with E-state index >= 15 is 0 Å². The third kappa shape index (κ3) is 3.84. The number of sulfonamides is 1. The van der Waals surface area contributed by atoms with Gasteiger partial charge in [-0.1, -0.05) is 35.4 Å². The van der Waals surface area contributed by atoms with E-state index in [9.17, 15) is 18.0 Å². The fourth-order valence-corrected chi connectivity index (χ4v) is 4.74. The first-order chi connectivity index (χ1) is 12.7. The molecule has 0 radical (unpaired) electrons. The summed E-state index contributed by atoms with van der Waals surface area (Å²) in [4.78, 5) is 25.0. The van der Waals surface area contributed by atoms with Crippen molar-refractivity contribution in [3.8, 4) is 0 Å². The first-order valence-electron chi connectivity index (χ1n) is 8.41. The molecule has 0 aromatic heterocycles. The van der Waals surface area contributed by atoms with Crippen LogP contribution in [0.4, 0.5) is 5.69 Å². The maximum Gasteiger partial charge on any atom is 0.267 e. The fourth-order valence-electron chi connectivity index (χ4n) is 2.97. The standard InChI is InChI=1S/C19H19ClN2O4S/c1-12-3-7-15(8-4-12)27(25,26)22-17(9-10-18(22)23)19(24)21-16-11-14(20)6-5-13(16)2/h3-8,11,17H,9-10H2,1-2H3,(H,21,24)/t17-/m1/s1. The summed E-state index contributed by atoms with van der Waals surface area (Å²) in [6.45, 7) is 3.63. The Morgan fingerprint density at radius 3 is 2.48 bits per heavy atom. The van der Waals surface area contributed by atoms with Crippen LogP contribution in [-0.4, -0.2) is 30.6 Å². The summed E-state index contributed by atoms with van der Waals surface area (Å²) < 4.78 is 26.6. The van der Waals surface area contributed by atoms with E-state index in [-0.39, 0.29) is 17.7 Å². The molecule has 1 fully saturated rings. The second-order valence-corrected chi connectivity index (χ2v) is 8.76. The number of carbonyl (C=O) groups is 2. The van der Waals surface area contributed by atoms with Crippen LogP contribution >= 0.6 is 11.6 Å². The summed E-state index contributed by atoms with van der Waals surface area (Å²) in [6.07, 6.45) is 0.132. The van der Waals surface area contributed by atoms with Gasteiger partial charge in [0.25, 0.3) is 10.0 Å². The number of nitrogens with one attached hydrogen (secondary N) is 1. The number of hydrogen-bond donors (Lipinski definition) is 1. The van der Waals surface area contributed by atoms with Gasteiger partial charge in [0.1, 0.15) is 6.04 Å². The zero-order valence-electron chi connectivity index (χ0n) is 14.9. The number of benzene rings is 2. The van der Waals surface area contributed by atoms with Gasteiger partial charge in [-0.05, 0) is 50.1 Å². The average molecular weight is 407 g/mol. The first-order valence-corrected chi connectivity index (χ1v) is 10.2. The van der Waals surface area contributed by atoms with Crippen molar-refractivity contribution >= 4 is 39.1 Å². The molecule has 2 amide bonds. The molecule has 2 aromatic rings. The summed E-state index contributed by atoms with van der Waals surface area (Å²) >= 11 is 5.97. The van der Waals surface area contributed by atoms with E-state index < -0.39 is 27.9 Å². The Morgan fingerprint density at radius 1 is 1.15 bits per heavy atom. The van der Waals surface area contributed by atoms with Crippen LogP contribution in [0.3, 0.4) is 0 Å². The van der Waals surface area contributed by atoms with Crippen LogP contribution in [0.15, 0.2) is 47.4 Å². The number of rotatable bonds is 4. The summed E-state index contributed by atoms with van der Waals surface area (Å²) in [5, 5.41) is 3.14. The van der Waals surface area contributed by atoms with E-state index in [1.165, 1.54) is 12.1 Å². The van der Waals surface area contributed by atoms with Crippen LogP contribution in [0.1, 0.15) is 24.0 Å². The Bertz CT molecular complexity index is 1000. The molecule has 0 aliphatic carbocycles. The topological polar surface area (TPSA) is 83.6 Å². The third-order valence-corrected chi connectivity index (χ3v) is 6.58. The van der Waals surface area contributed by atoms with Gasteiger partial charge in [0, 0.05) is 17.1 Å². The molecule has 142 valence electrons. The van der Waals surface area contributed by atoms with Crippen molar-refractivity contribution in [1.82, 2.24) is 4.31 Å². The normalized spacial score (nSPS) is 17.2. The van der Waals surface area contributed by atoms with Crippen LogP contribution in [0.5, 0.6) is 0 Å². The molecule has 1 N–H and O–H groups in total. The number of hydrogen-bond acceptors (Lipinski definition) is 4. The van der Waals surface area contributed by atoms with E-state index in [1.54, 1.807) is 37.3 Å². The van der Waals surface area contributed by atoms with Crippen LogP contribution in [0.25, 0.3) is 0 Å². The van der Waals surface area contributed by atoms with Crippen molar-refractivity contribution in [2.75, 3.05) is 5.32 Å². The van der Waals surface area contributed by atoms with Gasteiger partial charge in [0.15, 0.2) is 0 Å². The maximum atomic E-state index is 12.9. The van der Waals surface area contributed by atoms with Crippen LogP contribution in [0, 0.1) is 13.8 Å². The van der Waals surface area contributed by atoms with E-state index in [0.29, 0.717) is 15.0 Å². The number of nitrogens with zero attached hydrogens (tertiary/aromatic N) is 1. The molecule has 2 aromatic carbocycles. The van der Waals surface area contributed by atoms with Gasteiger partial charge in [0.2, 0.25) is 11.8 Å². The molecule has 8 heteroatoms. The lowest BCUT2D eigenvalue weighted by atomic mass is 10.1. The zero-order chi connectivity index (χ0) is 19.8. The van der Waals surface area contributed by atoms with Gasteiger partial charge in [-0.3, -0.25) is 9.59 Å². The molecular weight excluding hydrogens is 388 g/mol. The Labute approximate surface area is 163 Å². The van der Waals surface area contributed by atoms with Gasteiger partial charge in [-0.25, -0.2) is 12.7 Å². The predicted octanol–water partition coefficient (Wildman–Crippen LogP) is 3.28. The molecule has 3 rings (SSSR count). The highest BCUT2D eigenvalue weighted by Gasteiger charge is 2.44. The number of halogens is 1. The van der Waals surface area contributed by atoms with Crippen molar-refractivity contribution in [2.45, 2.75) is 37.6 Å². The van der Waals surface area contributed by atoms with Crippen molar-refractivity contribution < 1.29 is 18.0 Å². The molecule has 1 saturated heterocycles. The minimum absolute atomic E-state index is 0.00228. The minimum Gasteiger partial charge on any atom is -0.324 e. The second kappa shape index (κ2) is 7.32. The van der Waals surface area contributed by atoms with Crippen molar-refractivity contribution in [2.24, 2.45) is 0 Å². The van der Waals surface area contributed by atoms with Gasteiger partial charge >= 0.3 is 0 Å². The smallest absolute Gasteiger partial charge is 0.267 e. The van der Waals surface area contributed by atoms with E-state index in [2.05, 4.69) is 5.32 Å². The molecule has 1 atom stereocenters. The molecule has 0 spiro atoms. The highest BCUT2D eigenvalue weighted by atomic mass is 35.5. The molecular formula is C19H19ClN2O4S. The number of anilines is 1. The fraction of sp³-hybridized carbons (Fsp3) is 0.263. The number of amides is 2. The quantitative estimate of drug-likeness (QED) is 0.844. The maximum absolute atomic E-state index is 12.9. The summed E-state index contributed by atoms with van der Waals surface area (Å²) in [5.74, 6) is -1.14.